The van der Waals surface area contributed by atoms with Gasteiger partial charge in [0.1, 0.15) is 5.01 Å². The number of aromatic nitrogens is 1. The molecule has 3 rings (SSSR count). The minimum atomic E-state index is -0.602. The number of para-hydroxylation sites is 1. The highest BCUT2D eigenvalue weighted by Crippen LogP contribution is 2.39. The number of hydrogen-bond acceptors (Lipinski definition) is 6. The number of thiazole rings is 1. The fourth-order valence-electron chi connectivity index (χ4n) is 3.46. The predicted molar refractivity (Wildman–Crippen MR) is 103 cm³/mol. The topological polar surface area (TPSA) is 77.7 Å². The summed E-state index contributed by atoms with van der Waals surface area (Å²) in [5, 5.41) is 2.90. The highest BCUT2D eigenvalue weighted by molar-refractivity contribution is 7.13. The fraction of sp³-hybridized carbons (Fsp3) is 0.474. The smallest absolute Gasteiger partial charge is 0.237 e. The van der Waals surface area contributed by atoms with E-state index in [9.17, 15) is 4.79 Å². The zero-order valence-electron chi connectivity index (χ0n) is 15.4. The minimum Gasteiger partial charge on any atom is -0.493 e. The van der Waals surface area contributed by atoms with Gasteiger partial charge in [-0.2, -0.15) is 0 Å². The van der Waals surface area contributed by atoms with Gasteiger partial charge in [-0.15, -0.1) is 11.3 Å². The largest absolute Gasteiger partial charge is 0.493 e. The molecule has 1 saturated heterocycles. The molecule has 0 saturated carbocycles. The Bertz CT molecular complexity index is 792. The molecule has 1 aromatic heterocycles. The van der Waals surface area contributed by atoms with E-state index in [1.54, 1.807) is 25.6 Å². The maximum absolute atomic E-state index is 12.0. The third kappa shape index (κ3) is 3.41. The van der Waals surface area contributed by atoms with Crippen LogP contribution in [0.5, 0.6) is 11.5 Å². The van der Waals surface area contributed by atoms with Gasteiger partial charge in [-0.3, -0.25) is 9.69 Å². The van der Waals surface area contributed by atoms with E-state index in [4.69, 9.17) is 20.2 Å². The lowest BCUT2D eigenvalue weighted by atomic mass is 9.87. The van der Waals surface area contributed by atoms with Crippen LogP contribution >= 0.6 is 11.3 Å². The maximum Gasteiger partial charge on any atom is 0.237 e. The Labute approximate surface area is 157 Å². The van der Waals surface area contributed by atoms with Crippen molar-refractivity contribution in [3.63, 3.8) is 0 Å². The Morgan fingerprint density at radius 2 is 2.15 bits per heavy atom. The minimum absolute atomic E-state index is 0.262. The van der Waals surface area contributed by atoms with E-state index in [-0.39, 0.29) is 5.91 Å². The molecule has 1 unspecified atom stereocenters. The molecule has 1 atom stereocenters. The summed E-state index contributed by atoms with van der Waals surface area (Å²) in [6.07, 6.45) is 2.89. The number of hydrogen-bond donors (Lipinski definition) is 1. The molecule has 2 N–H and O–H groups in total. The van der Waals surface area contributed by atoms with Crippen LogP contribution in [0.4, 0.5) is 0 Å². The standard InChI is InChI=1S/C19H25N3O3S/c1-19(18(20)23)9-4-5-10-22(19)11-13-12-26-17(21-13)14-7-6-8-15(24-2)16(14)25-3/h6-8,12H,4-5,9-11H2,1-3H3,(H2,20,23). The summed E-state index contributed by atoms with van der Waals surface area (Å²) in [5.41, 5.74) is 6.92. The summed E-state index contributed by atoms with van der Waals surface area (Å²) in [6, 6.07) is 5.76. The van der Waals surface area contributed by atoms with Gasteiger partial charge in [0.2, 0.25) is 5.91 Å². The summed E-state index contributed by atoms with van der Waals surface area (Å²) in [6.45, 7) is 3.41. The zero-order valence-corrected chi connectivity index (χ0v) is 16.3. The Morgan fingerprint density at radius 3 is 2.85 bits per heavy atom. The van der Waals surface area contributed by atoms with E-state index in [2.05, 4.69) is 4.90 Å². The first kappa shape index (κ1) is 18.7. The van der Waals surface area contributed by atoms with Crippen LogP contribution < -0.4 is 15.2 Å². The van der Waals surface area contributed by atoms with Crippen molar-refractivity contribution in [1.29, 1.82) is 0 Å². The second-order valence-corrected chi connectivity index (χ2v) is 7.56. The lowest BCUT2D eigenvalue weighted by Gasteiger charge is -2.42. The van der Waals surface area contributed by atoms with E-state index in [0.717, 1.165) is 42.1 Å². The third-order valence-corrected chi connectivity index (χ3v) is 6.03. The molecule has 140 valence electrons. The molecular formula is C19H25N3O3S. The van der Waals surface area contributed by atoms with Gasteiger partial charge < -0.3 is 15.2 Å². The van der Waals surface area contributed by atoms with Gasteiger partial charge in [0.25, 0.3) is 0 Å². The van der Waals surface area contributed by atoms with Crippen LogP contribution in [-0.2, 0) is 11.3 Å². The van der Waals surface area contributed by atoms with Gasteiger partial charge >= 0.3 is 0 Å². The summed E-state index contributed by atoms with van der Waals surface area (Å²) >= 11 is 1.56. The van der Waals surface area contributed by atoms with Crippen LogP contribution in [0.15, 0.2) is 23.6 Å². The van der Waals surface area contributed by atoms with Crippen molar-refractivity contribution in [2.24, 2.45) is 5.73 Å². The second-order valence-electron chi connectivity index (χ2n) is 6.70. The Balaban J connectivity index is 1.86. The number of rotatable bonds is 6. The van der Waals surface area contributed by atoms with Gasteiger partial charge in [-0.25, -0.2) is 4.98 Å². The molecule has 1 aliphatic rings. The lowest BCUT2D eigenvalue weighted by molar-refractivity contribution is -0.132. The average molecular weight is 375 g/mol. The molecule has 2 aromatic rings. The highest BCUT2D eigenvalue weighted by atomic mass is 32.1. The van der Waals surface area contributed by atoms with Gasteiger partial charge in [0.15, 0.2) is 11.5 Å². The van der Waals surface area contributed by atoms with E-state index in [1.165, 1.54) is 0 Å². The molecule has 7 heteroatoms. The van der Waals surface area contributed by atoms with Crippen molar-refractivity contribution in [1.82, 2.24) is 9.88 Å². The number of carbonyl (C=O) groups is 1. The summed E-state index contributed by atoms with van der Waals surface area (Å²) < 4.78 is 10.9. The molecular weight excluding hydrogens is 350 g/mol. The van der Waals surface area contributed by atoms with Crippen LogP contribution in [0.1, 0.15) is 31.9 Å². The molecule has 1 aromatic carbocycles. The van der Waals surface area contributed by atoms with Gasteiger partial charge in [0.05, 0.1) is 31.0 Å². The SMILES string of the molecule is COc1cccc(-c2nc(CN3CCCCC3(C)C(N)=O)cs2)c1OC. The van der Waals surface area contributed by atoms with Crippen molar-refractivity contribution < 1.29 is 14.3 Å². The van der Waals surface area contributed by atoms with Gasteiger partial charge in [-0.1, -0.05) is 6.07 Å². The summed E-state index contributed by atoms with van der Waals surface area (Å²) in [5.74, 6) is 1.09. The van der Waals surface area contributed by atoms with Crippen LogP contribution in [-0.4, -0.2) is 42.1 Å². The number of likely N-dealkylation sites (tertiary alicyclic amines) is 1. The van der Waals surface area contributed by atoms with E-state index < -0.39 is 5.54 Å². The number of nitrogens with two attached hydrogens (primary N) is 1. The molecule has 1 amide bonds. The predicted octanol–water partition coefficient (Wildman–Crippen LogP) is 3.06. The highest BCUT2D eigenvalue weighted by Gasteiger charge is 2.39. The second kappa shape index (κ2) is 7.63. The first-order valence-electron chi connectivity index (χ1n) is 8.70. The normalized spacial score (nSPS) is 20.7. The van der Waals surface area contributed by atoms with E-state index in [0.29, 0.717) is 18.0 Å². The number of ether oxygens (including phenoxy) is 2. The Kier molecular flexibility index (Phi) is 5.48. The van der Waals surface area contributed by atoms with Crippen molar-refractivity contribution in [2.75, 3.05) is 20.8 Å². The number of piperidine rings is 1. The molecule has 1 fully saturated rings. The number of amides is 1. The number of benzene rings is 1. The Hall–Kier alpha value is -2.12. The maximum atomic E-state index is 12.0. The van der Waals surface area contributed by atoms with Crippen LogP contribution in [0.25, 0.3) is 10.6 Å². The molecule has 0 spiro atoms. The summed E-state index contributed by atoms with van der Waals surface area (Å²) in [4.78, 5) is 18.9. The van der Waals surface area contributed by atoms with Crippen molar-refractivity contribution >= 4 is 17.2 Å². The van der Waals surface area contributed by atoms with E-state index >= 15 is 0 Å². The molecule has 0 bridgehead atoms. The molecule has 0 aliphatic carbocycles. The quantitative estimate of drug-likeness (QED) is 0.840. The number of nitrogens with zero attached hydrogens (tertiary/aromatic N) is 2. The van der Waals surface area contributed by atoms with E-state index in [1.807, 2.05) is 30.5 Å². The molecule has 1 aliphatic heterocycles. The van der Waals surface area contributed by atoms with Crippen LogP contribution in [0.3, 0.4) is 0 Å². The first-order valence-corrected chi connectivity index (χ1v) is 9.58. The third-order valence-electron chi connectivity index (χ3n) is 5.11. The molecule has 6 nitrogen and oxygen atoms in total. The first-order chi connectivity index (χ1) is 12.5. The lowest BCUT2D eigenvalue weighted by Crippen LogP contribution is -2.57. The fourth-order valence-corrected chi connectivity index (χ4v) is 4.30. The number of carbonyl (C=O) groups excluding carboxylic acids is 1. The summed E-state index contributed by atoms with van der Waals surface area (Å²) in [7, 11) is 3.25. The average Bonchev–Trinajstić information content (AvgIpc) is 3.11. The number of methoxy groups -OCH3 is 2. The van der Waals surface area contributed by atoms with Crippen LogP contribution in [0.2, 0.25) is 0 Å². The van der Waals surface area contributed by atoms with Crippen molar-refractivity contribution in [2.45, 2.75) is 38.3 Å². The van der Waals surface area contributed by atoms with Gasteiger partial charge in [0, 0.05) is 11.9 Å². The monoisotopic (exact) mass is 375 g/mol. The molecule has 2 heterocycles. The van der Waals surface area contributed by atoms with Crippen molar-refractivity contribution in [3.8, 4) is 22.1 Å². The zero-order chi connectivity index (χ0) is 18.7. The Morgan fingerprint density at radius 1 is 1.35 bits per heavy atom. The molecule has 26 heavy (non-hydrogen) atoms. The van der Waals surface area contributed by atoms with Gasteiger partial charge in [-0.05, 0) is 44.9 Å². The molecule has 0 radical (unpaired) electrons. The number of primary amides is 1. The van der Waals surface area contributed by atoms with Crippen molar-refractivity contribution in [3.05, 3.63) is 29.3 Å². The van der Waals surface area contributed by atoms with Crippen LogP contribution in [0, 0.1) is 0 Å².